The van der Waals surface area contributed by atoms with Gasteiger partial charge in [0, 0.05) is 64.2 Å². The van der Waals surface area contributed by atoms with Gasteiger partial charge in [-0.3, -0.25) is 14.7 Å². The first-order chi connectivity index (χ1) is 13.6. The average molecular weight is 521 g/mol. The van der Waals surface area contributed by atoms with Crippen LogP contribution in [-0.2, 0) is 9.53 Å². The van der Waals surface area contributed by atoms with Crippen LogP contribution in [0.3, 0.4) is 0 Å². The molecular formula is C21H40IN5O2. The number of halogens is 1. The average Bonchev–Trinajstić information content (AvgIpc) is 3.20. The number of aliphatic imine (C=N–C) groups is 1. The van der Waals surface area contributed by atoms with Gasteiger partial charge in [0.1, 0.15) is 0 Å². The Morgan fingerprint density at radius 3 is 2.55 bits per heavy atom. The first-order valence-corrected chi connectivity index (χ1v) is 11.2. The Labute approximate surface area is 193 Å². The normalized spacial score (nSPS) is 25.4. The fraction of sp³-hybridized carbons (Fsp3) is 0.905. The molecule has 1 aliphatic carbocycles. The second-order valence-electron chi connectivity index (χ2n) is 8.70. The SMILES string of the molecule is CCC(=O)N1CCC(NC(=NC)NCC2(CN3CCOCC3)CCCCC2)C1.I. The smallest absolute Gasteiger partial charge is 0.222 e. The van der Waals surface area contributed by atoms with E-state index < -0.39 is 0 Å². The maximum Gasteiger partial charge on any atom is 0.222 e. The molecule has 0 spiro atoms. The van der Waals surface area contributed by atoms with E-state index in [-0.39, 0.29) is 29.9 Å². The van der Waals surface area contributed by atoms with Gasteiger partial charge in [-0.05, 0) is 19.3 Å². The van der Waals surface area contributed by atoms with Crippen molar-refractivity contribution in [2.75, 3.05) is 59.5 Å². The van der Waals surface area contributed by atoms with Crippen molar-refractivity contribution in [1.29, 1.82) is 0 Å². The Kier molecular flexibility index (Phi) is 10.5. The van der Waals surface area contributed by atoms with Crippen LogP contribution in [0.15, 0.2) is 4.99 Å². The molecular weight excluding hydrogens is 481 g/mol. The molecule has 3 fully saturated rings. The van der Waals surface area contributed by atoms with E-state index in [1.807, 2.05) is 18.9 Å². The van der Waals surface area contributed by atoms with Gasteiger partial charge in [0.05, 0.1) is 13.2 Å². The van der Waals surface area contributed by atoms with Crippen LogP contribution in [0.5, 0.6) is 0 Å². The molecule has 29 heavy (non-hydrogen) atoms. The lowest BCUT2D eigenvalue weighted by Crippen LogP contribution is -2.52. The summed E-state index contributed by atoms with van der Waals surface area (Å²) in [6.45, 7) is 9.52. The third-order valence-electron chi connectivity index (χ3n) is 6.62. The van der Waals surface area contributed by atoms with Gasteiger partial charge in [0.2, 0.25) is 5.91 Å². The summed E-state index contributed by atoms with van der Waals surface area (Å²) in [6.07, 6.45) is 8.17. The van der Waals surface area contributed by atoms with E-state index in [2.05, 4.69) is 20.5 Å². The summed E-state index contributed by atoms with van der Waals surface area (Å²) in [6, 6.07) is 0.295. The zero-order chi connectivity index (χ0) is 19.8. The Morgan fingerprint density at radius 1 is 1.17 bits per heavy atom. The first-order valence-electron chi connectivity index (χ1n) is 11.2. The highest BCUT2D eigenvalue weighted by Crippen LogP contribution is 2.36. The zero-order valence-electron chi connectivity index (χ0n) is 18.3. The predicted octanol–water partition coefficient (Wildman–Crippen LogP) is 2.06. The highest BCUT2D eigenvalue weighted by atomic mass is 127. The van der Waals surface area contributed by atoms with Crippen molar-refractivity contribution in [3.05, 3.63) is 0 Å². The Bertz CT molecular complexity index is 533. The summed E-state index contributed by atoms with van der Waals surface area (Å²) in [5.41, 5.74) is 0.326. The number of hydrogen-bond acceptors (Lipinski definition) is 4. The molecule has 1 amide bonds. The second kappa shape index (κ2) is 12.3. The Morgan fingerprint density at radius 2 is 1.90 bits per heavy atom. The van der Waals surface area contributed by atoms with Crippen LogP contribution in [0.1, 0.15) is 51.9 Å². The number of nitrogens with zero attached hydrogens (tertiary/aromatic N) is 3. The summed E-state index contributed by atoms with van der Waals surface area (Å²) in [5.74, 6) is 1.13. The molecule has 3 rings (SSSR count). The third kappa shape index (κ3) is 7.24. The Hall–Kier alpha value is -0.610. The Balaban J connectivity index is 0.00000300. The number of hydrogen-bond donors (Lipinski definition) is 2. The predicted molar refractivity (Wildman–Crippen MR) is 128 cm³/mol. The molecule has 8 heteroatoms. The molecule has 0 radical (unpaired) electrons. The third-order valence-corrected chi connectivity index (χ3v) is 6.62. The molecule has 0 aromatic carbocycles. The van der Waals surface area contributed by atoms with Gasteiger partial charge >= 0.3 is 0 Å². The standard InChI is InChI=1S/C21H39N5O2.HI/c1-3-19(27)26-10-7-18(15-26)24-20(22-2)23-16-21(8-5-4-6-9-21)17-25-11-13-28-14-12-25;/h18H,3-17H2,1-2H3,(H2,22,23,24);1H. The highest BCUT2D eigenvalue weighted by molar-refractivity contribution is 14.0. The van der Waals surface area contributed by atoms with E-state index in [4.69, 9.17) is 4.74 Å². The molecule has 2 aliphatic heterocycles. The summed E-state index contributed by atoms with van der Waals surface area (Å²) in [4.78, 5) is 20.9. The molecule has 1 saturated carbocycles. The molecule has 168 valence electrons. The van der Waals surface area contributed by atoms with Gasteiger partial charge in [-0.15, -0.1) is 24.0 Å². The van der Waals surface area contributed by atoms with Crippen LogP contribution in [0.25, 0.3) is 0 Å². The fourth-order valence-corrected chi connectivity index (χ4v) is 4.91. The van der Waals surface area contributed by atoms with E-state index in [0.717, 1.165) is 64.9 Å². The van der Waals surface area contributed by atoms with Crippen molar-refractivity contribution >= 4 is 35.8 Å². The topological polar surface area (TPSA) is 69.2 Å². The number of nitrogens with one attached hydrogen (secondary N) is 2. The van der Waals surface area contributed by atoms with E-state index in [0.29, 0.717) is 17.9 Å². The molecule has 2 N–H and O–H groups in total. The van der Waals surface area contributed by atoms with Gasteiger partial charge in [0.15, 0.2) is 5.96 Å². The molecule has 1 atom stereocenters. The van der Waals surface area contributed by atoms with Crippen LogP contribution < -0.4 is 10.6 Å². The van der Waals surface area contributed by atoms with Crippen LogP contribution >= 0.6 is 24.0 Å². The minimum absolute atomic E-state index is 0. The largest absolute Gasteiger partial charge is 0.379 e. The zero-order valence-corrected chi connectivity index (χ0v) is 20.6. The van der Waals surface area contributed by atoms with E-state index in [9.17, 15) is 4.79 Å². The maximum atomic E-state index is 11.9. The number of amides is 1. The first kappa shape index (κ1) is 24.7. The monoisotopic (exact) mass is 521 g/mol. The van der Waals surface area contributed by atoms with Gasteiger partial charge in [0.25, 0.3) is 0 Å². The lowest BCUT2D eigenvalue weighted by Gasteiger charge is -2.42. The number of ether oxygens (including phenoxy) is 1. The number of carbonyl (C=O) groups is 1. The van der Waals surface area contributed by atoms with Crippen molar-refractivity contribution in [1.82, 2.24) is 20.4 Å². The second-order valence-corrected chi connectivity index (χ2v) is 8.70. The summed E-state index contributed by atoms with van der Waals surface area (Å²) >= 11 is 0. The van der Waals surface area contributed by atoms with E-state index in [1.165, 1.54) is 32.1 Å². The summed E-state index contributed by atoms with van der Waals surface area (Å²) in [5, 5.41) is 7.18. The van der Waals surface area contributed by atoms with Crippen LogP contribution in [0, 0.1) is 5.41 Å². The molecule has 7 nitrogen and oxygen atoms in total. The van der Waals surface area contributed by atoms with E-state index in [1.54, 1.807) is 0 Å². The van der Waals surface area contributed by atoms with Gasteiger partial charge in [-0.2, -0.15) is 0 Å². The van der Waals surface area contributed by atoms with Crippen molar-refractivity contribution < 1.29 is 9.53 Å². The van der Waals surface area contributed by atoms with Crippen molar-refractivity contribution in [2.24, 2.45) is 10.4 Å². The molecule has 3 aliphatic rings. The van der Waals surface area contributed by atoms with Crippen molar-refractivity contribution in [3.8, 4) is 0 Å². The lowest BCUT2D eigenvalue weighted by molar-refractivity contribution is -0.129. The number of likely N-dealkylation sites (tertiary alicyclic amines) is 1. The molecule has 2 heterocycles. The number of carbonyl (C=O) groups excluding carboxylic acids is 1. The molecule has 1 unspecified atom stereocenters. The number of guanidine groups is 1. The summed E-state index contributed by atoms with van der Waals surface area (Å²) < 4.78 is 5.53. The van der Waals surface area contributed by atoms with Crippen LogP contribution in [-0.4, -0.2) is 87.2 Å². The molecule has 0 aromatic rings. The van der Waals surface area contributed by atoms with Gasteiger partial charge < -0.3 is 20.3 Å². The highest BCUT2D eigenvalue weighted by Gasteiger charge is 2.35. The van der Waals surface area contributed by atoms with Crippen LogP contribution in [0.2, 0.25) is 0 Å². The van der Waals surface area contributed by atoms with E-state index >= 15 is 0 Å². The molecule has 0 bridgehead atoms. The maximum absolute atomic E-state index is 11.9. The lowest BCUT2D eigenvalue weighted by atomic mass is 9.73. The number of morpholine rings is 1. The number of rotatable bonds is 6. The van der Waals surface area contributed by atoms with Gasteiger partial charge in [-0.25, -0.2) is 0 Å². The fourth-order valence-electron chi connectivity index (χ4n) is 4.91. The molecule has 0 aromatic heterocycles. The molecule has 2 saturated heterocycles. The quantitative estimate of drug-likeness (QED) is 0.318. The van der Waals surface area contributed by atoms with Gasteiger partial charge in [-0.1, -0.05) is 26.2 Å². The minimum Gasteiger partial charge on any atom is -0.379 e. The van der Waals surface area contributed by atoms with Crippen molar-refractivity contribution in [2.45, 2.75) is 57.9 Å². The van der Waals surface area contributed by atoms with Crippen LogP contribution in [0.4, 0.5) is 0 Å². The van der Waals surface area contributed by atoms with Crippen molar-refractivity contribution in [3.63, 3.8) is 0 Å². The minimum atomic E-state index is 0. The summed E-state index contributed by atoms with van der Waals surface area (Å²) in [7, 11) is 1.84.